The van der Waals surface area contributed by atoms with Crippen molar-refractivity contribution in [3.63, 3.8) is 0 Å². The van der Waals surface area contributed by atoms with Crippen molar-refractivity contribution < 1.29 is 8.42 Å². The van der Waals surface area contributed by atoms with Crippen molar-refractivity contribution in [2.75, 3.05) is 6.54 Å². The van der Waals surface area contributed by atoms with Gasteiger partial charge in [0.1, 0.15) is 0 Å². The van der Waals surface area contributed by atoms with Crippen LogP contribution in [0.15, 0.2) is 29.2 Å². The average Bonchev–Trinajstić information content (AvgIpc) is 3.29. The Hall–Kier alpha value is -0.870. The smallest absolute Gasteiger partial charge is 0.207 e. The maximum absolute atomic E-state index is 12.7. The Morgan fingerprint density at radius 3 is 2.14 bits per heavy atom. The Balaban J connectivity index is 1.74. The molecule has 2 atom stereocenters. The monoisotopic (exact) mass is 321 g/mol. The summed E-state index contributed by atoms with van der Waals surface area (Å²) >= 11 is 0. The summed E-state index contributed by atoms with van der Waals surface area (Å²) in [6.45, 7) is 7.13. The lowest BCUT2D eigenvalue weighted by atomic mass is 9.87. The summed E-state index contributed by atoms with van der Waals surface area (Å²) in [7, 11) is -3.29. The summed E-state index contributed by atoms with van der Waals surface area (Å²) in [4.78, 5) is 0.443. The molecule has 1 aromatic rings. The van der Waals surface area contributed by atoms with E-state index in [1.807, 2.05) is 12.1 Å². The third kappa shape index (κ3) is 3.09. The molecule has 2 unspecified atom stereocenters. The van der Waals surface area contributed by atoms with Gasteiger partial charge in [0.25, 0.3) is 0 Å². The van der Waals surface area contributed by atoms with Gasteiger partial charge >= 0.3 is 0 Å². The quantitative estimate of drug-likeness (QED) is 0.791. The molecule has 22 heavy (non-hydrogen) atoms. The van der Waals surface area contributed by atoms with Gasteiger partial charge in [-0.2, -0.15) is 4.31 Å². The zero-order valence-electron chi connectivity index (χ0n) is 13.9. The first-order valence-electron chi connectivity index (χ1n) is 8.42. The van der Waals surface area contributed by atoms with Crippen molar-refractivity contribution in [1.82, 2.24) is 4.31 Å². The third-order valence-corrected chi connectivity index (χ3v) is 7.03. The van der Waals surface area contributed by atoms with Gasteiger partial charge in [0.2, 0.25) is 10.0 Å². The van der Waals surface area contributed by atoms with Gasteiger partial charge in [-0.15, -0.1) is 0 Å². The van der Waals surface area contributed by atoms with Gasteiger partial charge in [-0.3, -0.25) is 0 Å². The van der Waals surface area contributed by atoms with Crippen molar-refractivity contribution in [1.29, 1.82) is 0 Å². The maximum atomic E-state index is 12.7. The van der Waals surface area contributed by atoms with E-state index in [9.17, 15) is 8.42 Å². The molecule has 2 fully saturated rings. The van der Waals surface area contributed by atoms with Gasteiger partial charge in [0, 0.05) is 12.6 Å². The molecule has 122 valence electrons. The molecule has 1 saturated heterocycles. The lowest BCUT2D eigenvalue weighted by molar-refractivity contribution is 0.336. The molecule has 0 bridgehead atoms. The second-order valence-electron chi connectivity index (χ2n) is 7.81. The maximum Gasteiger partial charge on any atom is 0.243 e. The normalized spacial score (nSPS) is 26.9. The van der Waals surface area contributed by atoms with E-state index >= 15 is 0 Å². The average molecular weight is 321 g/mol. The standard InChI is InChI=1S/C18H27NO2S/c1-18(2,3)15-9-11-16(12-10-15)22(20,21)19-13-17(19)14-7-5-4-6-8-14/h9-12,14,17H,4-8,13H2,1-3H3. The number of rotatable bonds is 3. The Morgan fingerprint density at radius 2 is 1.59 bits per heavy atom. The molecule has 1 heterocycles. The molecule has 0 amide bonds. The fourth-order valence-corrected chi connectivity index (χ4v) is 5.21. The first-order valence-corrected chi connectivity index (χ1v) is 9.86. The minimum Gasteiger partial charge on any atom is -0.207 e. The van der Waals surface area contributed by atoms with Gasteiger partial charge in [-0.25, -0.2) is 8.42 Å². The zero-order chi connectivity index (χ0) is 16.0. The number of nitrogens with zero attached hydrogens (tertiary/aromatic N) is 1. The van der Waals surface area contributed by atoms with E-state index < -0.39 is 10.0 Å². The summed E-state index contributed by atoms with van der Waals surface area (Å²) in [5.74, 6) is 0.581. The first kappa shape index (κ1) is 16.0. The summed E-state index contributed by atoms with van der Waals surface area (Å²) < 4.78 is 27.2. The minimum atomic E-state index is -3.29. The summed E-state index contributed by atoms with van der Waals surface area (Å²) in [6.07, 6.45) is 6.22. The van der Waals surface area contributed by atoms with Crippen molar-refractivity contribution in [3.05, 3.63) is 29.8 Å². The predicted molar refractivity (Wildman–Crippen MR) is 89.4 cm³/mol. The minimum absolute atomic E-state index is 0.0484. The molecule has 0 aromatic heterocycles. The van der Waals surface area contributed by atoms with Gasteiger partial charge in [-0.1, -0.05) is 52.2 Å². The molecular weight excluding hydrogens is 294 g/mol. The number of sulfonamides is 1. The van der Waals surface area contributed by atoms with E-state index in [2.05, 4.69) is 20.8 Å². The Kier molecular flexibility index (Phi) is 4.11. The van der Waals surface area contributed by atoms with Crippen molar-refractivity contribution in [2.24, 2.45) is 5.92 Å². The lowest BCUT2D eigenvalue weighted by Gasteiger charge is -2.21. The lowest BCUT2D eigenvalue weighted by Crippen LogP contribution is -2.21. The topological polar surface area (TPSA) is 37.1 Å². The van der Waals surface area contributed by atoms with Crippen LogP contribution in [-0.4, -0.2) is 25.3 Å². The third-order valence-electron chi connectivity index (χ3n) is 5.12. The highest BCUT2D eigenvalue weighted by molar-refractivity contribution is 7.89. The Labute approximate surface area is 134 Å². The molecule has 1 aromatic carbocycles. The Bertz CT molecular complexity index is 622. The van der Waals surface area contributed by atoms with Crippen LogP contribution in [0.3, 0.4) is 0 Å². The van der Waals surface area contributed by atoms with E-state index in [1.165, 1.54) is 37.7 Å². The zero-order valence-corrected chi connectivity index (χ0v) is 14.7. The van der Waals surface area contributed by atoms with E-state index in [0.29, 0.717) is 17.4 Å². The molecule has 0 N–H and O–H groups in total. The van der Waals surface area contributed by atoms with E-state index in [-0.39, 0.29) is 11.5 Å². The highest BCUT2D eigenvalue weighted by Crippen LogP contribution is 2.39. The number of hydrogen-bond donors (Lipinski definition) is 0. The van der Waals surface area contributed by atoms with Crippen LogP contribution in [-0.2, 0) is 15.4 Å². The van der Waals surface area contributed by atoms with Crippen LogP contribution in [0.2, 0.25) is 0 Å². The molecule has 3 rings (SSSR count). The summed E-state index contributed by atoms with van der Waals surface area (Å²) in [5.41, 5.74) is 1.22. The molecule has 0 radical (unpaired) electrons. The summed E-state index contributed by atoms with van der Waals surface area (Å²) in [6, 6.07) is 7.70. The van der Waals surface area contributed by atoms with Crippen LogP contribution in [0.25, 0.3) is 0 Å². The van der Waals surface area contributed by atoms with Crippen molar-refractivity contribution >= 4 is 10.0 Å². The van der Waals surface area contributed by atoms with Crippen molar-refractivity contribution in [2.45, 2.75) is 69.2 Å². The highest BCUT2D eigenvalue weighted by atomic mass is 32.2. The molecular formula is C18H27NO2S. The number of benzene rings is 1. The van der Waals surface area contributed by atoms with Crippen LogP contribution >= 0.6 is 0 Å². The van der Waals surface area contributed by atoms with Gasteiger partial charge < -0.3 is 0 Å². The van der Waals surface area contributed by atoms with E-state index in [0.717, 1.165) is 0 Å². The van der Waals surface area contributed by atoms with E-state index in [4.69, 9.17) is 0 Å². The molecule has 0 spiro atoms. The SMILES string of the molecule is CC(C)(C)c1ccc(S(=O)(=O)N2CC2C2CCCCC2)cc1. The number of hydrogen-bond acceptors (Lipinski definition) is 2. The van der Waals surface area contributed by atoms with Gasteiger partial charge in [0.05, 0.1) is 4.90 Å². The highest BCUT2D eigenvalue weighted by Gasteiger charge is 2.48. The predicted octanol–water partition coefficient (Wildman–Crippen LogP) is 3.94. The summed E-state index contributed by atoms with van der Waals surface area (Å²) in [5, 5.41) is 0. The van der Waals surface area contributed by atoms with Crippen LogP contribution in [0.5, 0.6) is 0 Å². The molecule has 4 heteroatoms. The molecule has 1 saturated carbocycles. The van der Waals surface area contributed by atoms with Crippen LogP contribution in [0.1, 0.15) is 58.4 Å². The Morgan fingerprint density at radius 1 is 1.00 bits per heavy atom. The fourth-order valence-electron chi connectivity index (χ4n) is 3.58. The fraction of sp³-hybridized carbons (Fsp3) is 0.667. The second-order valence-corrected chi connectivity index (χ2v) is 9.71. The molecule has 1 aliphatic carbocycles. The second kappa shape index (κ2) is 5.64. The molecule has 1 aliphatic heterocycles. The first-order chi connectivity index (χ1) is 10.3. The van der Waals surface area contributed by atoms with Gasteiger partial charge in [0.15, 0.2) is 0 Å². The largest absolute Gasteiger partial charge is 0.243 e. The van der Waals surface area contributed by atoms with Crippen LogP contribution in [0, 0.1) is 5.92 Å². The molecule has 2 aliphatic rings. The van der Waals surface area contributed by atoms with Crippen LogP contribution < -0.4 is 0 Å². The van der Waals surface area contributed by atoms with Crippen molar-refractivity contribution in [3.8, 4) is 0 Å². The van der Waals surface area contributed by atoms with E-state index in [1.54, 1.807) is 16.4 Å². The molecule has 3 nitrogen and oxygen atoms in total. The van der Waals surface area contributed by atoms with Crippen LogP contribution in [0.4, 0.5) is 0 Å². The van der Waals surface area contributed by atoms with Gasteiger partial charge in [-0.05, 0) is 41.9 Å².